The van der Waals surface area contributed by atoms with Crippen molar-refractivity contribution in [2.75, 3.05) is 32.0 Å². The lowest BCUT2D eigenvalue weighted by atomic mass is 10.0. The number of thioether (sulfide) groups is 1. The molecule has 0 spiro atoms. The Labute approximate surface area is 225 Å². The molecule has 3 aromatic heterocycles. The molecule has 194 valence electrons. The Kier molecular flexibility index (Phi) is 8.62. The highest BCUT2D eigenvalue weighted by atomic mass is 35.5. The fourth-order valence-electron chi connectivity index (χ4n) is 5.30. The Morgan fingerprint density at radius 3 is 2.69 bits per heavy atom. The van der Waals surface area contributed by atoms with Crippen LogP contribution in [0.5, 0.6) is 5.75 Å². The SMILES string of the molecule is Cl.Cl.O=c1ccc2ncc(=O)n3c2n1CC[C@H]3CN1CCC(NCc2cc3c(cn2)OCCS3)CC1. The van der Waals surface area contributed by atoms with Gasteiger partial charge in [-0.2, -0.15) is 0 Å². The molecule has 9 nitrogen and oxygen atoms in total. The third-order valence-electron chi connectivity index (χ3n) is 7.08. The van der Waals surface area contributed by atoms with Crippen molar-refractivity contribution in [3.63, 3.8) is 0 Å². The van der Waals surface area contributed by atoms with E-state index in [1.807, 2.05) is 18.0 Å². The molecule has 0 bridgehead atoms. The topological polar surface area (TPSA) is 94.3 Å². The largest absolute Gasteiger partial charge is 0.490 e. The first-order chi connectivity index (χ1) is 16.7. The summed E-state index contributed by atoms with van der Waals surface area (Å²) in [5, 5.41) is 3.67. The zero-order valence-corrected chi connectivity index (χ0v) is 22.2. The first-order valence-electron chi connectivity index (χ1n) is 12.0. The number of nitrogens with one attached hydrogen (secondary N) is 1. The molecule has 0 saturated carbocycles. The monoisotopic (exact) mass is 552 g/mol. The van der Waals surface area contributed by atoms with E-state index in [1.165, 1.54) is 17.2 Å². The minimum absolute atomic E-state index is 0. The highest BCUT2D eigenvalue weighted by molar-refractivity contribution is 7.99. The number of pyridine rings is 2. The second-order valence-electron chi connectivity index (χ2n) is 9.22. The second-order valence-corrected chi connectivity index (χ2v) is 10.4. The number of fused-ring (bicyclic) bond motifs is 1. The predicted octanol–water partition coefficient (Wildman–Crippen LogP) is 2.48. The van der Waals surface area contributed by atoms with Crippen LogP contribution in [0.3, 0.4) is 0 Å². The van der Waals surface area contributed by atoms with Crippen molar-refractivity contribution in [3.8, 4) is 5.75 Å². The number of nitrogens with zero attached hydrogens (tertiary/aromatic N) is 5. The summed E-state index contributed by atoms with van der Waals surface area (Å²) in [6, 6.07) is 5.91. The Balaban J connectivity index is 0.00000152. The number of hydrogen-bond donors (Lipinski definition) is 1. The normalized spacial score (nSPS) is 19.6. The van der Waals surface area contributed by atoms with E-state index in [1.54, 1.807) is 15.2 Å². The van der Waals surface area contributed by atoms with Crippen LogP contribution in [0.2, 0.25) is 0 Å². The lowest BCUT2D eigenvalue weighted by Crippen LogP contribution is -2.46. The van der Waals surface area contributed by atoms with Crippen LogP contribution in [-0.2, 0) is 13.1 Å². The molecule has 3 aliphatic rings. The standard InChI is InChI=1S/C24H28N6O3S.2ClH/c31-22-2-1-19-24-29(22)8-5-18(30(24)23(32)14-27-19)15-28-6-3-16(4-7-28)25-12-17-11-21-20(13-26-17)33-9-10-34-21;;/h1-2,11,13-14,16,18,25H,3-10,12,15H2;2*1H/t18-;;/m0../s1. The quantitative estimate of drug-likeness (QED) is 0.515. The van der Waals surface area contributed by atoms with Gasteiger partial charge in [0.2, 0.25) is 0 Å². The van der Waals surface area contributed by atoms with Gasteiger partial charge in [0.15, 0.2) is 5.75 Å². The maximum absolute atomic E-state index is 12.7. The average Bonchev–Trinajstić information content (AvgIpc) is 2.87. The molecule has 6 heterocycles. The minimum atomic E-state index is -0.130. The summed E-state index contributed by atoms with van der Waals surface area (Å²) < 4.78 is 9.13. The zero-order chi connectivity index (χ0) is 23.1. The molecule has 12 heteroatoms. The molecule has 3 aromatic rings. The number of likely N-dealkylation sites (tertiary alicyclic amines) is 1. The summed E-state index contributed by atoms with van der Waals surface area (Å²) in [5.41, 5.74) is 2.21. The Hall–Kier alpha value is -2.11. The molecule has 6 rings (SSSR count). The summed E-state index contributed by atoms with van der Waals surface area (Å²) in [6.45, 7) is 4.93. The summed E-state index contributed by atoms with van der Waals surface area (Å²) >= 11 is 1.83. The fourth-order valence-corrected chi connectivity index (χ4v) is 6.16. The summed E-state index contributed by atoms with van der Waals surface area (Å²) in [7, 11) is 0. The van der Waals surface area contributed by atoms with Crippen LogP contribution < -0.4 is 21.2 Å². The van der Waals surface area contributed by atoms with Crippen molar-refractivity contribution < 1.29 is 4.74 Å². The van der Waals surface area contributed by atoms with Gasteiger partial charge in [0.05, 0.1) is 35.6 Å². The lowest BCUT2D eigenvalue weighted by Gasteiger charge is -2.36. The lowest BCUT2D eigenvalue weighted by molar-refractivity contribution is 0.163. The van der Waals surface area contributed by atoms with E-state index in [2.05, 4.69) is 26.3 Å². The summed E-state index contributed by atoms with van der Waals surface area (Å²) in [5.74, 6) is 1.89. The molecule has 3 aliphatic heterocycles. The van der Waals surface area contributed by atoms with Crippen LogP contribution in [0.15, 0.2) is 45.1 Å². The van der Waals surface area contributed by atoms with Crippen molar-refractivity contribution in [2.24, 2.45) is 0 Å². The fraction of sp³-hybridized carbons (Fsp3) is 0.500. The van der Waals surface area contributed by atoms with E-state index in [0.717, 1.165) is 69.2 Å². The van der Waals surface area contributed by atoms with Crippen LogP contribution in [0.25, 0.3) is 11.2 Å². The molecule has 1 atom stereocenters. The molecule has 1 fully saturated rings. The highest BCUT2D eigenvalue weighted by Crippen LogP contribution is 2.32. The van der Waals surface area contributed by atoms with Crippen molar-refractivity contribution >= 4 is 47.7 Å². The third kappa shape index (κ3) is 5.28. The molecule has 0 unspecified atom stereocenters. The van der Waals surface area contributed by atoms with Crippen LogP contribution in [0.4, 0.5) is 0 Å². The van der Waals surface area contributed by atoms with E-state index in [4.69, 9.17) is 4.74 Å². The molecule has 0 aromatic carbocycles. The van der Waals surface area contributed by atoms with E-state index in [-0.39, 0.29) is 42.0 Å². The highest BCUT2D eigenvalue weighted by Gasteiger charge is 2.27. The van der Waals surface area contributed by atoms with E-state index in [9.17, 15) is 9.59 Å². The van der Waals surface area contributed by atoms with Crippen molar-refractivity contribution in [1.82, 2.24) is 29.3 Å². The molecule has 0 radical (unpaired) electrons. The average molecular weight is 554 g/mol. The van der Waals surface area contributed by atoms with Gasteiger partial charge in [-0.15, -0.1) is 36.6 Å². The Morgan fingerprint density at radius 1 is 1.03 bits per heavy atom. The van der Waals surface area contributed by atoms with E-state index >= 15 is 0 Å². The molecular formula is C24H30Cl2N6O3S. The molecule has 0 amide bonds. The van der Waals surface area contributed by atoms with Gasteiger partial charge < -0.3 is 15.0 Å². The van der Waals surface area contributed by atoms with Crippen LogP contribution >= 0.6 is 36.6 Å². The third-order valence-corrected chi connectivity index (χ3v) is 8.08. The van der Waals surface area contributed by atoms with Gasteiger partial charge >= 0.3 is 0 Å². The Morgan fingerprint density at radius 2 is 1.86 bits per heavy atom. The Bertz CT molecular complexity index is 1340. The first kappa shape index (κ1) is 26.9. The molecular weight excluding hydrogens is 523 g/mol. The zero-order valence-electron chi connectivity index (χ0n) is 19.8. The van der Waals surface area contributed by atoms with Gasteiger partial charge in [-0.1, -0.05) is 0 Å². The minimum Gasteiger partial charge on any atom is -0.490 e. The number of aromatic nitrogens is 4. The number of hydrogen-bond acceptors (Lipinski definition) is 8. The van der Waals surface area contributed by atoms with Gasteiger partial charge in [0, 0.05) is 37.5 Å². The predicted molar refractivity (Wildman–Crippen MR) is 145 cm³/mol. The number of ether oxygens (including phenoxy) is 1. The summed E-state index contributed by atoms with van der Waals surface area (Å²) in [4.78, 5) is 37.5. The smallest absolute Gasteiger partial charge is 0.270 e. The summed E-state index contributed by atoms with van der Waals surface area (Å²) in [6.07, 6.45) is 6.12. The van der Waals surface area contributed by atoms with Crippen LogP contribution in [0, 0.1) is 0 Å². The van der Waals surface area contributed by atoms with Crippen LogP contribution in [-0.4, -0.2) is 62.0 Å². The maximum atomic E-state index is 12.7. The van der Waals surface area contributed by atoms with Crippen molar-refractivity contribution in [3.05, 3.63) is 57.0 Å². The van der Waals surface area contributed by atoms with Crippen LogP contribution in [0.1, 0.15) is 31.0 Å². The molecule has 1 N–H and O–H groups in total. The number of halogens is 2. The molecule has 1 saturated heterocycles. The van der Waals surface area contributed by atoms with E-state index in [0.29, 0.717) is 23.8 Å². The van der Waals surface area contributed by atoms with Crippen molar-refractivity contribution in [2.45, 2.75) is 49.3 Å². The van der Waals surface area contributed by atoms with Gasteiger partial charge in [-0.05, 0) is 44.5 Å². The molecule has 0 aliphatic carbocycles. The number of piperidine rings is 1. The van der Waals surface area contributed by atoms with Gasteiger partial charge in [-0.3, -0.25) is 23.7 Å². The van der Waals surface area contributed by atoms with Gasteiger partial charge in [0.1, 0.15) is 11.2 Å². The number of aryl methyl sites for hydroxylation is 1. The van der Waals surface area contributed by atoms with Crippen molar-refractivity contribution in [1.29, 1.82) is 0 Å². The van der Waals surface area contributed by atoms with E-state index < -0.39 is 0 Å². The maximum Gasteiger partial charge on any atom is 0.270 e. The van der Waals surface area contributed by atoms with Gasteiger partial charge in [0.25, 0.3) is 11.1 Å². The van der Waals surface area contributed by atoms with Gasteiger partial charge in [-0.25, -0.2) is 4.98 Å². The second kappa shape index (κ2) is 11.5. The number of rotatable bonds is 5. The molecule has 36 heavy (non-hydrogen) atoms. The first-order valence-corrected chi connectivity index (χ1v) is 13.0.